The molecule has 1 aliphatic rings. The van der Waals surface area contributed by atoms with Crippen molar-refractivity contribution in [1.29, 1.82) is 0 Å². The standard InChI is InChI=1S/3C4H9.C3H5N2.Sn/c3*1-3-4-2;1-2-5-3-4-1;/h3*1,3-4H2,2H3;1-2,4H,3H2;/q;;;-1;+1. The van der Waals surface area contributed by atoms with E-state index in [-0.39, 0.29) is 0 Å². The molecular weight excluding hydrogens is 327 g/mol. The zero-order valence-electron chi connectivity index (χ0n) is 12.7. The Bertz CT molecular complexity index is 219. The molecule has 0 fully saturated rings. The molecule has 3 heteroatoms. The number of unbranched alkanes of at least 4 members (excludes halogenated alkanes) is 3. The van der Waals surface area contributed by atoms with Crippen molar-refractivity contribution < 1.29 is 0 Å². The van der Waals surface area contributed by atoms with E-state index < -0.39 is 18.7 Å². The molecule has 0 aromatic rings. The summed E-state index contributed by atoms with van der Waals surface area (Å²) in [4.78, 5) is 0. The summed E-state index contributed by atoms with van der Waals surface area (Å²) in [5.41, 5.74) is 0. The van der Waals surface area contributed by atoms with Crippen LogP contribution in [0.3, 0.4) is 0 Å². The number of hydrogen-bond donors (Lipinski definition) is 1. The van der Waals surface area contributed by atoms with E-state index >= 15 is 0 Å². The van der Waals surface area contributed by atoms with Crippen molar-refractivity contribution in [2.75, 3.05) is 6.67 Å². The van der Waals surface area contributed by atoms with Crippen molar-refractivity contribution in [2.24, 2.45) is 0 Å². The van der Waals surface area contributed by atoms with Crippen LogP contribution in [0.2, 0.25) is 13.3 Å². The Hall–Kier alpha value is 0.139. The Balaban J connectivity index is 2.72. The van der Waals surface area contributed by atoms with Crippen molar-refractivity contribution in [3.63, 3.8) is 0 Å². The molecular formula is C15H32N2Sn. The first-order valence-electron chi connectivity index (χ1n) is 7.96. The van der Waals surface area contributed by atoms with Crippen molar-refractivity contribution in [3.05, 3.63) is 12.4 Å². The third kappa shape index (κ3) is 4.67. The van der Waals surface area contributed by atoms with Crippen LogP contribution in [0.1, 0.15) is 59.3 Å². The van der Waals surface area contributed by atoms with Gasteiger partial charge < -0.3 is 0 Å². The second-order valence-electron chi connectivity index (χ2n) is 5.68. The van der Waals surface area contributed by atoms with Gasteiger partial charge in [0.2, 0.25) is 0 Å². The molecule has 0 spiro atoms. The molecule has 0 saturated heterocycles. The molecule has 106 valence electrons. The van der Waals surface area contributed by atoms with Crippen LogP contribution in [0.15, 0.2) is 12.4 Å². The third-order valence-electron chi connectivity index (χ3n) is 4.23. The summed E-state index contributed by atoms with van der Waals surface area (Å²) < 4.78 is 7.49. The van der Waals surface area contributed by atoms with E-state index in [1.165, 1.54) is 38.5 Å². The van der Waals surface area contributed by atoms with Gasteiger partial charge in [-0.15, -0.1) is 0 Å². The normalized spacial score (nSPS) is 15.2. The fourth-order valence-corrected chi connectivity index (χ4v) is 18.6. The average molecular weight is 359 g/mol. The first-order chi connectivity index (χ1) is 8.79. The monoisotopic (exact) mass is 360 g/mol. The summed E-state index contributed by atoms with van der Waals surface area (Å²) in [6.07, 6.45) is 13.0. The van der Waals surface area contributed by atoms with Crippen molar-refractivity contribution >= 4 is 18.7 Å². The summed E-state index contributed by atoms with van der Waals surface area (Å²) in [6, 6.07) is 0. The van der Waals surface area contributed by atoms with Crippen LogP contribution in [0.5, 0.6) is 0 Å². The predicted molar refractivity (Wildman–Crippen MR) is 83.9 cm³/mol. The van der Waals surface area contributed by atoms with Crippen LogP contribution in [-0.2, 0) is 0 Å². The third-order valence-corrected chi connectivity index (χ3v) is 19.6. The Labute approximate surface area is 118 Å². The van der Waals surface area contributed by atoms with Gasteiger partial charge in [-0.25, -0.2) is 0 Å². The topological polar surface area (TPSA) is 15.3 Å². The second-order valence-corrected chi connectivity index (χ2v) is 18.6. The number of rotatable bonds is 10. The molecule has 0 atom stereocenters. The zero-order valence-corrected chi connectivity index (χ0v) is 15.5. The van der Waals surface area contributed by atoms with Gasteiger partial charge in [0.1, 0.15) is 0 Å². The summed E-state index contributed by atoms with van der Waals surface area (Å²) in [5, 5.41) is 3.40. The van der Waals surface area contributed by atoms with Crippen LogP contribution >= 0.6 is 0 Å². The summed E-state index contributed by atoms with van der Waals surface area (Å²) in [6.45, 7) is 8.13. The zero-order chi connectivity index (χ0) is 13.3. The van der Waals surface area contributed by atoms with Gasteiger partial charge in [-0.3, -0.25) is 0 Å². The molecule has 1 rings (SSSR count). The molecule has 1 heterocycles. The van der Waals surface area contributed by atoms with Gasteiger partial charge in [-0.05, 0) is 0 Å². The van der Waals surface area contributed by atoms with Crippen LogP contribution in [0.25, 0.3) is 0 Å². The molecule has 0 bridgehead atoms. The molecule has 0 unspecified atom stereocenters. The molecule has 0 aliphatic carbocycles. The quantitative estimate of drug-likeness (QED) is 0.571. The van der Waals surface area contributed by atoms with E-state index in [4.69, 9.17) is 0 Å². The first kappa shape index (κ1) is 16.2. The summed E-state index contributed by atoms with van der Waals surface area (Å²) >= 11 is -2.09. The van der Waals surface area contributed by atoms with Crippen molar-refractivity contribution in [3.8, 4) is 0 Å². The van der Waals surface area contributed by atoms with Crippen molar-refractivity contribution in [1.82, 2.24) is 8.44 Å². The van der Waals surface area contributed by atoms with Crippen LogP contribution in [-0.4, -0.2) is 28.4 Å². The Morgan fingerprint density at radius 3 is 1.78 bits per heavy atom. The minimum absolute atomic E-state index is 1.10. The summed E-state index contributed by atoms with van der Waals surface area (Å²) in [7, 11) is 0. The molecule has 18 heavy (non-hydrogen) atoms. The number of nitrogens with one attached hydrogen (secondary N) is 1. The molecule has 1 N–H and O–H groups in total. The van der Waals surface area contributed by atoms with E-state index in [9.17, 15) is 0 Å². The number of nitrogens with zero attached hydrogens (tertiary/aromatic N) is 1. The van der Waals surface area contributed by atoms with Crippen LogP contribution in [0, 0.1) is 0 Å². The van der Waals surface area contributed by atoms with Gasteiger partial charge in [-0.2, -0.15) is 0 Å². The van der Waals surface area contributed by atoms with E-state index in [1.807, 2.05) is 0 Å². The predicted octanol–water partition coefficient (Wildman–Crippen LogP) is 4.67. The minimum atomic E-state index is -2.09. The fraction of sp³-hybridized carbons (Fsp3) is 0.867. The van der Waals surface area contributed by atoms with Crippen LogP contribution in [0.4, 0.5) is 0 Å². The Morgan fingerprint density at radius 2 is 1.44 bits per heavy atom. The van der Waals surface area contributed by atoms with Gasteiger partial charge in [-0.1, -0.05) is 0 Å². The van der Waals surface area contributed by atoms with Gasteiger partial charge >= 0.3 is 119 Å². The molecule has 0 aromatic heterocycles. The SMILES string of the molecule is CCC[CH2][Sn]([CH2]CCC)([CH2]CCC)[N]1C=CNC1. The maximum absolute atomic E-state index is 3.40. The van der Waals surface area contributed by atoms with E-state index in [0.717, 1.165) is 6.67 Å². The maximum atomic E-state index is 3.40. The van der Waals surface area contributed by atoms with Gasteiger partial charge in [0.05, 0.1) is 0 Å². The van der Waals surface area contributed by atoms with Crippen LogP contribution < -0.4 is 5.32 Å². The molecule has 0 saturated carbocycles. The molecule has 2 nitrogen and oxygen atoms in total. The second kappa shape index (κ2) is 9.11. The molecule has 0 aromatic carbocycles. The van der Waals surface area contributed by atoms with Gasteiger partial charge in [0.15, 0.2) is 0 Å². The summed E-state index contributed by atoms with van der Waals surface area (Å²) in [5.74, 6) is 0. The number of hydrogen-bond acceptors (Lipinski definition) is 2. The first-order valence-corrected chi connectivity index (χ1v) is 15.3. The van der Waals surface area contributed by atoms with E-state index in [1.54, 1.807) is 13.3 Å². The van der Waals surface area contributed by atoms with Gasteiger partial charge in [0.25, 0.3) is 0 Å². The van der Waals surface area contributed by atoms with Crippen molar-refractivity contribution in [2.45, 2.75) is 72.6 Å². The fourth-order valence-electron chi connectivity index (χ4n) is 3.00. The van der Waals surface area contributed by atoms with Gasteiger partial charge in [0, 0.05) is 0 Å². The van der Waals surface area contributed by atoms with E-state index in [0.29, 0.717) is 0 Å². The molecule has 0 radical (unpaired) electrons. The molecule has 0 amide bonds. The Morgan fingerprint density at radius 1 is 0.944 bits per heavy atom. The average Bonchev–Trinajstić information content (AvgIpc) is 2.93. The molecule has 1 aliphatic heterocycles. The Kier molecular flexibility index (Phi) is 8.19. The van der Waals surface area contributed by atoms with E-state index in [2.05, 4.69) is 41.6 Å².